The van der Waals surface area contributed by atoms with E-state index in [4.69, 9.17) is 0 Å². The fourth-order valence-corrected chi connectivity index (χ4v) is 7.68. The van der Waals surface area contributed by atoms with Crippen LogP contribution in [0.15, 0.2) is 24.8 Å². The Hall–Kier alpha value is -0.520. The Morgan fingerprint density at radius 2 is 1.19 bits per heavy atom. The summed E-state index contributed by atoms with van der Waals surface area (Å²) in [4.78, 5) is 0. The monoisotopic (exact) mass is 587 g/mol. The molecule has 0 aliphatic rings. The summed E-state index contributed by atoms with van der Waals surface area (Å²) in [5.74, 6) is 6.07. The van der Waals surface area contributed by atoms with Gasteiger partial charge in [0.05, 0.1) is 0 Å². The first-order chi connectivity index (χ1) is 20.0. The fourth-order valence-electron chi connectivity index (χ4n) is 7.68. The van der Waals surface area contributed by atoms with Gasteiger partial charge in [-0.15, -0.1) is 6.58 Å². The summed E-state index contributed by atoms with van der Waals surface area (Å²) >= 11 is 0. The number of allylic oxidation sites excluding steroid dienone is 3. The van der Waals surface area contributed by atoms with Gasteiger partial charge in [0, 0.05) is 0 Å². The maximum Gasteiger partial charge on any atom is -0.0168 e. The van der Waals surface area contributed by atoms with Gasteiger partial charge < -0.3 is 0 Å². The second-order valence-corrected chi connectivity index (χ2v) is 15.6. The van der Waals surface area contributed by atoms with E-state index in [2.05, 4.69) is 101 Å². The van der Waals surface area contributed by atoms with Gasteiger partial charge in [-0.2, -0.15) is 0 Å². The lowest BCUT2D eigenvalue weighted by atomic mass is 9.64. The van der Waals surface area contributed by atoms with Gasteiger partial charge in [-0.3, -0.25) is 0 Å². The van der Waals surface area contributed by atoms with Crippen LogP contribution in [0.1, 0.15) is 192 Å². The van der Waals surface area contributed by atoms with Crippen molar-refractivity contribution < 1.29 is 0 Å². The highest BCUT2D eigenvalue weighted by Gasteiger charge is 2.34. The van der Waals surface area contributed by atoms with Crippen LogP contribution in [0.3, 0.4) is 0 Å². The molecule has 250 valence electrons. The van der Waals surface area contributed by atoms with Crippen LogP contribution in [0.4, 0.5) is 0 Å². The van der Waals surface area contributed by atoms with Crippen LogP contribution in [0.5, 0.6) is 0 Å². The van der Waals surface area contributed by atoms with Gasteiger partial charge in [-0.25, -0.2) is 0 Å². The Kier molecular flexibility index (Phi) is 24.5. The highest BCUT2D eigenvalue weighted by molar-refractivity contribution is 5.00. The SMILES string of the molecule is C=CC(CCC)C(C=CC(C)CCC(CCC)CCCCC(C)CCCCC)CC(C)C(CCC)C(C)C(C)(C)CC. The van der Waals surface area contributed by atoms with Crippen molar-refractivity contribution in [2.75, 3.05) is 0 Å². The summed E-state index contributed by atoms with van der Waals surface area (Å²) in [7, 11) is 0. The molecule has 0 aromatic heterocycles. The molecular weight excluding hydrogens is 504 g/mol. The molecule has 0 aliphatic carbocycles. The molecule has 0 saturated heterocycles. The lowest BCUT2D eigenvalue weighted by Gasteiger charge is -2.41. The first-order valence-corrected chi connectivity index (χ1v) is 19.3. The van der Waals surface area contributed by atoms with Crippen LogP contribution in [0.2, 0.25) is 0 Å². The van der Waals surface area contributed by atoms with Crippen LogP contribution in [-0.4, -0.2) is 0 Å². The summed E-state index contributed by atoms with van der Waals surface area (Å²) < 4.78 is 0. The van der Waals surface area contributed by atoms with E-state index in [0.717, 1.165) is 29.6 Å². The van der Waals surface area contributed by atoms with E-state index >= 15 is 0 Å². The molecule has 0 spiro atoms. The lowest BCUT2D eigenvalue weighted by molar-refractivity contribution is 0.0932. The smallest absolute Gasteiger partial charge is 0.0168 e. The molecular formula is C42H82. The van der Waals surface area contributed by atoms with Crippen molar-refractivity contribution in [2.24, 2.45) is 52.8 Å². The van der Waals surface area contributed by atoms with Crippen LogP contribution >= 0.6 is 0 Å². The molecule has 42 heavy (non-hydrogen) atoms. The van der Waals surface area contributed by atoms with Gasteiger partial charge >= 0.3 is 0 Å². The average molecular weight is 587 g/mol. The average Bonchev–Trinajstić information content (AvgIpc) is 2.97. The topological polar surface area (TPSA) is 0 Å². The molecule has 8 unspecified atom stereocenters. The van der Waals surface area contributed by atoms with E-state index < -0.39 is 0 Å². The van der Waals surface area contributed by atoms with Gasteiger partial charge in [0.2, 0.25) is 0 Å². The third-order valence-corrected chi connectivity index (χ3v) is 11.5. The van der Waals surface area contributed by atoms with Gasteiger partial charge in [0.15, 0.2) is 0 Å². The van der Waals surface area contributed by atoms with E-state index in [0.29, 0.717) is 23.2 Å². The number of hydrogen-bond donors (Lipinski definition) is 0. The van der Waals surface area contributed by atoms with Crippen molar-refractivity contribution >= 4 is 0 Å². The summed E-state index contributed by atoms with van der Waals surface area (Å²) in [5, 5.41) is 0. The van der Waals surface area contributed by atoms with E-state index in [-0.39, 0.29) is 0 Å². The predicted octanol–water partition coefficient (Wildman–Crippen LogP) is 14.9. The molecule has 8 atom stereocenters. The second kappa shape index (κ2) is 24.8. The second-order valence-electron chi connectivity index (χ2n) is 15.6. The van der Waals surface area contributed by atoms with Crippen molar-refractivity contribution in [1.29, 1.82) is 0 Å². The predicted molar refractivity (Wildman–Crippen MR) is 195 cm³/mol. The molecule has 0 radical (unpaired) electrons. The largest absolute Gasteiger partial charge is 0.103 e. The zero-order valence-corrected chi connectivity index (χ0v) is 31.3. The summed E-state index contributed by atoms with van der Waals surface area (Å²) in [6.07, 6.45) is 32.2. The lowest BCUT2D eigenvalue weighted by Crippen LogP contribution is -2.32. The molecule has 0 aromatic carbocycles. The quantitative estimate of drug-likeness (QED) is 0.0631. The first-order valence-electron chi connectivity index (χ1n) is 19.3. The van der Waals surface area contributed by atoms with Crippen LogP contribution < -0.4 is 0 Å². The molecule has 0 nitrogen and oxygen atoms in total. The highest BCUT2D eigenvalue weighted by Crippen LogP contribution is 2.43. The maximum absolute atomic E-state index is 4.31. The minimum Gasteiger partial charge on any atom is -0.103 e. The van der Waals surface area contributed by atoms with Crippen molar-refractivity contribution in [3.63, 3.8) is 0 Å². The van der Waals surface area contributed by atoms with E-state index in [9.17, 15) is 0 Å². The Labute approximate surface area is 268 Å². The molecule has 0 heteroatoms. The number of unbranched alkanes of at least 4 members (excludes halogenated alkanes) is 3. The Morgan fingerprint density at radius 1 is 0.595 bits per heavy atom. The van der Waals surface area contributed by atoms with Gasteiger partial charge in [-0.05, 0) is 78.4 Å². The Morgan fingerprint density at radius 3 is 1.74 bits per heavy atom. The van der Waals surface area contributed by atoms with Gasteiger partial charge in [-0.1, -0.05) is 184 Å². The van der Waals surface area contributed by atoms with Crippen LogP contribution in [-0.2, 0) is 0 Å². The maximum atomic E-state index is 4.31. The Balaban J connectivity index is 5.21. The minimum atomic E-state index is 0.414. The molecule has 0 aliphatic heterocycles. The number of rotatable bonds is 28. The van der Waals surface area contributed by atoms with E-state index in [1.54, 1.807) is 0 Å². The zero-order valence-electron chi connectivity index (χ0n) is 31.3. The normalized spacial score (nSPS) is 18.4. The molecule has 0 amide bonds. The minimum absolute atomic E-state index is 0.414. The molecule has 0 aromatic rings. The highest BCUT2D eigenvalue weighted by atomic mass is 14.4. The molecule has 0 heterocycles. The Bertz CT molecular complexity index is 640. The summed E-state index contributed by atoms with van der Waals surface area (Å²) in [5.41, 5.74) is 0.414. The van der Waals surface area contributed by atoms with Gasteiger partial charge in [0.25, 0.3) is 0 Å². The van der Waals surface area contributed by atoms with Crippen molar-refractivity contribution in [2.45, 2.75) is 192 Å². The van der Waals surface area contributed by atoms with Crippen LogP contribution in [0.25, 0.3) is 0 Å². The van der Waals surface area contributed by atoms with E-state index in [1.807, 2.05) is 0 Å². The third kappa shape index (κ3) is 17.7. The summed E-state index contributed by atoms with van der Waals surface area (Å²) in [6, 6.07) is 0. The third-order valence-electron chi connectivity index (χ3n) is 11.5. The van der Waals surface area contributed by atoms with Crippen molar-refractivity contribution in [3.8, 4) is 0 Å². The standard InChI is InChI=1S/C42H82/c1-13-19-20-26-34(7)27-21-22-28-38(23-14-2)31-29-35(8)30-32-40(39(17-5)24-15-3)33-36(9)41(25-16-4)37(10)42(11,12)18-6/h17,30,32,34-41H,5,13-16,18-29,31,33H2,1-4,6-12H3. The van der Waals surface area contributed by atoms with Crippen LogP contribution in [0, 0.1) is 52.8 Å². The van der Waals surface area contributed by atoms with Crippen molar-refractivity contribution in [1.82, 2.24) is 0 Å². The van der Waals surface area contributed by atoms with Gasteiger partial charge in [0.1, 0.15) is 0 Å². The zero-order chi connectivity index (χ0) is 32.0. The molecule has 0 N–H and O–H groups in total. The van der Waals surface area contributed by atoms with E-state index in [1.165, 1.54) is 116 Å². The fraction of sp³-hybridized carbons (Fsp3) is 0.905. The summed E-state index contributed by atoms with van der Waals surface area (Å²) in [6.45, 7) is 31.2. The molecule has 0 saturated carbocycles. The molecule has 0 rings (SSSR count). The first kappa shape index (κ1) is 41.5. The van der Waals surface area contributed by atoms with Crippen molar-refractivity contribution in [3.05, 3.63) is 24.8 Å². The molecule has 0 bridgehead atoms. The molecule has 0 fully saturated rings. The number of hydrogen-bond acceptors (Lipinski definition) is 0.